The molecule has 1 atom stereocenters. The van der Waals surface area contributed by atoms with Crippen LogP contribution in [0.25, 0.3) is 0 Å². The first-order valence-corrected chi connectivity index (χ1v) is 10.8. The Morgan fingerprint density at radius 2 is 2.00 bits per heavy atom. The van der Waals surface area contributed by atoms with Gasteiger partial charge in [0.15, 0.2) is 0 Å². The van der Waals surface area contributed by atoms with E-state index in [1.54, 1.807) is 24.3 Å². The van der Waals surface area contributed by atoms with Crippen molar-refractivity contribution < 1.29 is 23.0 Å². The molecule has 0 amide bonds. The number of hydrogen-bond donors (Lipinski definition) is 3. The molecule has 0 radical (unpaired) electrons. The van der Waals surface area contributed by atoms with Crippen LogP contribution in [0.5, 0.6) is 11.5 Å². The highest BCUT2D eigenvalue weighted by molar-refractivity contribution is 7.92. The molecule has 0 bridgehead atoms. The number of anilines is 1. The van der Waals surface area contributed by atoms with Crippen LogP contribution in [0.1, 0.15) is 18.4 Å². The maximum absolute atomic E-state index is 12.6. The first-order chi connectivity index (χ1) is 13.5. The Bertz CT molecular complexity index is 884. The van der Waals surface area contributed by atoms with E-state index < -0.39 is 10.0 Å². The lowest BCUT2D eigenvalue weighted by Crippen LogP contribution is -2.34. The quantitative estimate of drug-likeness (QED) is 0.552. The van der Waals surface area contributed by atoms with Gasteiger partial charge in [0.1, 0.15) is 17.6 Å². The summed E-state index contributed by atoms with van der Waals surface area (Å²) in [7, 11) is -2.16. The van der Waals surface area contributed by atoms with Crippen molar-refractivity contribution in [2.45, 2.75) is 30.3 Å². The molecule has 1 aliphatic heterocycles. The van der Waals surface area contributed by atoms with Crippen LogP contribution in [0, 0.1) is 0 Å². The average molecular weight is 407 g/mol. The molecule has 1 heterocycles. The average Bonchev–Trinajstić information content (AvgIpc) is 2.70. The number of aliphatic hydroxyl groups is 1. The topological polar surface area (TPSA) is 96.9 Å². The van der Waals surface area contributed by atoms with Gasteiger partial charge < -0.3 is 19.9 Å². The molecule has 0 aromatic heterocycles. The summed E-state index contributed by atoms with van der Waals surface area (Å²) in [6, 6.07) is 11.6. The molecule has 0 saturated heterocycles. The summed E-state index contributed by atoms with van der Waals surface area (Å²) in [5, 5.41) is 12.1. The fourth-order valence-corrected chi connectivity index (χ4v) is 4.12. The first-order valence-electron chi connectivity index (χ1n) is 9.30. The van der Waals surface area contributed by atoms with Gasteiger partial charge in [-0.1, -0.05) is 6.07 Å². The summed E-state index contributed by atoms with van der Waals surface area (Å²) in [5.74, 6) is 1.30. The van der Waals surface area contributed by atoms with Gasteiger partial charge in [-0.2, -0.15) is 0 Å². The Morgan fingerprint density at radius 3 is 2.71 bits per heavy atom. The zero-order valence-corrected chi connectivity index (χ0v) is 16.7. The van der Waals surface area contributed by atoms with Gasteiger partial charge in [0, 0.05) is 19.2 Å². The highest BCUT2D eigenvalue weighted by Gasteiger charge is 2.21. The summed E-state index contributed by atoms with van der Waals surface area (Å²) in [6.45, 7) is 1.60. The standard InChI is InChI=1S/C20H26N2O5S/c1-26-17-7-9-19(10-8-17)28(24,25)22-16-5-3-15-4-6-18(27-20(15)13-16)14-21-11-2-12-23/h3,5,7-10,13,18,21-23H,2,4,6,11-12,14H2,1H3. The van der Waals surface area contributed by atoms with E-state index in [1.807, 2.05) is 6.07 Å². The number of benzene rings is 2. The van der Waals surface area contributed by atoms with Crippen LogP contribution in [0.4, 0.5) is 5.69 Å². The van der Waals surface area contributed by atoms with Crippen LogP contribution in [0.15, 0.2) is 47.4 Å². The minimum absolute atomic E-state index is 0.0274. The van der Waals surface area contributed by atoms with Crippen molar-refractivity contribution in [2.24, 2.45) is 0 Å². The second-order valence-corrected chi connectivity index (χ2v) is 8.35. The molecular formula is C20H26N2O5S. The van der Waals surface area contributed by atoms with Crippen molar-refractivity contribution in [1.29, 1.82) is 0 Å². The Morgan fingerprint density at radius 1 is 1.21 bits per heavy atom. The van der Waals surface area contributed by atoms with Crippen LogP contribution < -0.4 is 19.5 Å². The van der Waals surface area contributed by atoms with Crippen molar-refractivity contribution in [2.75, 3.05) is 31.5 Å². The molecule has 1 unspecified atom stereocenters. The zero-order chi connectivity index (χ0) is 20.0. The SMILES string of the molecule is COc1ccc(S(=O)(=O)Nc2ccc3c(c2)OC(CNCCCO)CC3)cc1. The normalized spacial score (nSPS) is 16.1. The fraction of sp³-hybridized carbons (Fsp3) is 0.400. The van der Waals surface area contributed by atoms with Crippen LogP contribution in [0.2, 0.25) is 0 Å². The molecule has 3 rings (SSSR count). The minimum atomic E-state index is -3.70. The molecule has 2 aromatic rings. The van der Waals surface area contributed by atoms with Crippen molar-refractivity contribution >= 4 is 15.7 Å². The maximum Gasteiger partial charge on any atom is 0.261 e. The minimum Gasteiger partial charge on any atom is -0.497 e. The van der Waals surface area contributed by atoms with E-state index >= 15 is 0 Å². The van der Waals surface area contributed by atoms with Crippen molar-refractivity contribution in [3.05, 3.63) is 48.0 Å². The predicted octanol–water partition coefficient (Wildman–Crippen LogP) is 2.16. The number of aryl methyl sites for hydroxylation is 1. The van der Waals surface area contributed by atoms with Gasteiger partial charge in [-0.25, -0.2) is 8.42 Å². The zero-order valence-electron chi connectivity index (χ0n) is 15.8. The summed E-state index contributed by atoms with van der Waals surface area (Å²) >= 11 is 0. The van der Waals surface area contributed by atoms with Crippen molar-refractivity contribution in [1.82, 2.24) is 5.32 Å². The second-order valence-electron chi connectivity index (χ2n) is 6.66. The third-order valence-electron chi connectivity index (χ3n) is 4.60. The van der Waals surface area contributed by atoms with Crippen LogP contribution >= 0.6 is 0 Å². The van der Waals surface area contributed by atoms with E-state index in [2.05, 4.69) is 10.0 Å². The van der Waals surface area contributed by atoms with E-state index in [0.717, 1.165) is 24.9 Å². The van der Waals surface area contributed by atoms with Gasteiger partial charge in [-0.3, -0.25) is 4.72 Å². The third-order valence-corrected chi connectivity index (χ3v) is 6.00. The van der Waals surface area contributed by atoms with Crippen molar-refractivity contribution in [3.63, 3.8) is 0 Å². The summed E-state index contributed by atoms with van der Waals surface area (Å²) in [6.07, 6.45) is 2.52. The molecule has 1 aliphatic rings. The Balaban J connectivity index is 1.67. The molecular weight excluding hydrogens is 380 g/mol. The van der Waals surface area contributed by atoms with E-state index in [1.165, 1.54) is 19.2 Å². The number of aliphatic hydroxyl groups excluding tert-OH is 1. The first kappa shape index (κ1) is 20.4. The number of ether oxygens (including phenoxy) is 2. The highest BCUT2D eigenvalue weighted by Crippen LogP contribution is 2.31. The molecule has 7 nitrogen and oxygen atoms in total. The highest BCUT2D eigenvalue weighted by atomic mass is 32.2. The van der Waals surface area contributed by atoms with Gasteiger partial charge in [0.05, 0.1) is 17.7 Å². The van der Waals surface area contributed by atoms with E-state index in [9.17, 15) is 8.42 Å². The molecule has 28 heavy (non-hydrogen) atoms. The second kappa shape index (κ2) is 9.27. The molecule has 0 spiro atoms. The van der Waals surface area contributed by atoms with Gasteiger partial charge in [-0.05, 0) is 61.7 Å². The van der Waals surface area contributed by atoms with E-state index in [4.69, 9.17) is 14.6 Å². The number of sulfonamides is 1. The fourth-order valence-electron chi connectivity index (χ4n) is 3.07. The van der Waals surface area contributed by atoms with Crippen LogP contribution in [-0.4, -0.2) is 46.4 Å². The van der Waals surface area contributed by atoms with Crippen molar-refractivity contribution in [3.8, 4) is 11.5 Å². The molecule has 0 fully saturated rings. The number of nitrogens with one attached hydrogen (secondary N) is 2. The number of hydrogen-bond acceptors (Lipinski definition) is 6. The Hall–Kier alpha value is -2.29. The van der Waals surface area contributed by atoms with Gasteiger partial charge >= 0.3 is 0 Å². The monoisotopic (exact) mass is 406 g/mol. The summed E-state index contributed by atoms with van der Waals surface area (Å²) < 4.78 is 38.9. The third kappa shape index (κ3) is 5.15. The molecule has 3 N–H and O–H groups in total. The lowest BCUT2D eigenvalue weighted by molar-refractivity contribution is 0.169. The predicted molar refractivity (Wildman–Crippen MR) is 108 cm³/mol. The molecule has 0 aliphatic carbocycles. The molecule has 0 saturated carbocycles. The van der Waals surface area contributed by atoms with E-state index in [0.29, 0.717) is 30.2 Å². The Kier molecular flexibility index (Phi) is 6.77. The smallest absolute Gasteiger partial charge is 0.261 e. The largest absolute Gasteiger partial charge is 0.497 e. The lowest BCUT2D eigenvalue weighted by atomic mass is 10.0. The van der Waals surface area contributed by atoms with Gasteiger partial charge in [0.25, 0.3) is 10.0 Å². The molecule has 152 valence electrons. The van der Waals surface area contributed by atoms with E-state index in [-0.39, 0.29) is 17.6 Å². The molecule has 2 aromatic carbocycles. The van der Waals surface area contributed by atoms with Crippen LogP contribution in [0.3, 0.4) is 0 Å². The number of methoxy groups -OCH3 is 1. The molecule has 8 heteroatoms. The Labute approximate surface area is 165 Å². The maximum atomic E-state index is 12.6. The number of rotatable bonds is 9. The number of fused-ring (bicyclic) bond motifs is 1. The summed E-state index contributed by atoms with van der Waals surface area (Å²) in [4.78, 5) is 0.165. The van der Waals surface area contributed by atoms with Crippen LogP contribution in [-0.2, 0) is 16.4 Å². The lowest BCUT2D eigenvalue weighted by Gasteiger charge is -2.27. The van der Waals surface area contributed by atoms with Gasteiger partial charge in [0.2, 0.25) is 0 Å². The van der Waals surface area contributed by atoms with Gasteiger partial charge in [-0.15, -0.1) is 0 Å². The summed E-state index contributed by atoms with van der Waals surface area (Å²) in [5.41, 5.74) is 1.53.